The van der Waals surface area contributed by atoms with Gasteiger partial charge in [-0.3, -0.25) is 0 Å². The van der Waals surface area contributed by atoms with E-state index in [1.54, 1.807) is 0 Å². The number of guanidine groups is 1. The average molecular weight is 275 g/mol. The molecule has 0 saturated carbocycles. The third-order valence-electron chi connectivity index (χ3n) is 2.67. The van der Waals surface area contributed by atoms with Gasteiger partial charge in [-0.05, 0) is 31.0 Å². The topological polar surface area (TPSA) is 59.6 Å². The molecule has 0 atom stereocenters. The van der Waals surface area contributed by atoms with E-state index in [9.17, 15) is 0 Å². The molecule has 20 heavy (non-hydrogen) atoms. The van der Waals surface area contributed by atoms with Crippen molar-refractivity contribution >= 4 is 5.96 Å². The highest BCUT2D eigenvalue weighted by Gasteiger charge is 1.97. The van der Waals surface area contributed by atoms with Crippen LogP contribution in [0.2, 0.25) is 0 Å². The van der Waals surface area contributed by atoms with Crippen LogP contribution in [-0.2, 0) is 6.54 Å². The van der Waals surface area contributed by atoms with Crippen LogP contribution in [-0.4, -0.2) is 19.1 Å². The predicted octanol–water partition coefficient (Wildman–Crippen LogP) is 2.85. The molecule has 110 valence electrons. The maximum absolute atomic E-state index is 5.77. The van der Waals surface area contributed by atoms with Crippen LogP contribution in [0.25, 0.3) is 0 Å². The van der Waals surface area contributed by atoms with Crippen LogP contribution in [0.15, 0.2) is 41.4 Å². The van der Waals surface area contributed by atoms with Gasteiger partial charge in [-0.25, -0.2) is 4.99 Å². The molecule has 0 aliphatic rings. The van der Waals surface area contributed by atoms with E-state index in [1.165, 1.54) is 0 Å². The number of unbranched alkanes of at least 4 members (excludes halogenated alkanes) is 1. The van der Waals surface area contributed by atoms with Gasteiger partial charge in [-0.1, -0.05) is 37.6 Å². The number of aliphatic imine (C=N–C) groups is 1. The molecule has 0 spiro atoms. The molecular formula is C16H25N3O. The third-order valence-corrected chi connectivity index (χ3v) is 2.67. The van der Waals surface area contributed by atoms with Crippen LogP contribution in [0, 0.1) is 0 Å². The number of nitrogens with two attached hydrogens (primary N) is 1. The Hall–Kier alpha value is -1.97. The largest absolute Gasteiger partial charge is 0.494 e. The number of nitrogens with one attached hydrogen (secondary N) is 1. The first kappa shape index (κ1) is 16.1. The van der Waals surface area contributed by atoms with Gasteiger partial charge in [0.1, 0.15) is 5.75 Å². The number of nitrogens with zero attached hydrogens (tertiary/aromatic N) is 1. The lowest BCUT2D eigenvalue weighted by atomic mass is 10.2. The fourth-order valence-corrected chi connectivity index (χ4v) is 1.54. The highest BCUT2D eigenvalue weighted by atomic mass is 16.5. The Balaban J connectivity index is 2.48. The first-order valence-electron chi connectivity index (χ1n) is 7.01. The van der Waals surface area contributed by atoms with Gasteiger partial charge < -0.3 is 15.8 Å². The number of benzene rings is 1. The van der Waals surface area contributed by atoms with Crippen LogP contribution >= 0.6 is 0 Å². The van der Waals surface area contributed by atoms with Crippen molar-refractivity contribution in [3.05, 3.63) is 42.0 Å². The molecule has 0 aliphatic heterocycles. The Labute approximate surface area is 121 Å². The molecule has 0 unspecified atom stereocenters. The molecule has 1 rings (SSSR count). The van der Waals surface area contributed by atoms with Crippen molar-refractivity contribution < 1.29 is 4.74 Å². The molecule has 0 fully saturated rings. The molecule has 1 aromatic rings. The van der Waals surface area contributed by atoms with Crippen molar-refractivity contribution in [2.75, 3.05) is 13.2 Å². The predicted molar refractivity (Wildman–Crippen MR) is 85.0 cm³/mol. The van der Waals surface area contributed by atoms with E-state index >= 15 is 0 Å². The summed E-state index contributed by atoms with van der Waals surface area (Å²) in [7, 11) is 0. The molecule has 0 aromatic heterocycles. The van der Waals surface area contributed by atoms with Gasteiger partial charge in [-0.2, -0.15) is 0 Å². The molecule has 0 heterocycles. The van der Waals surface area contributed by atoms with E-state index in [0.29, 0.717) is 19.0 Å². The van der Waals surface area contributed by atoms with Gasteiger partial charge in [0.25, 0.3) is 0 Å². The molecule has 0 saturated heterocycles. The fourth-order valence-electron chi connectivity index (χ4n) is 1.54. The monoisotopic (exact) mass is 275 g/mol. The van der Waals surface area contributed by atoms with Gasteiger partial charge in [0.15, 0.2) is 5.96 Å². The van der Waals surface area contributed by atoms with Crippen LogP contribution in [0.1, 0.15) is 32.3 Å². The molecule has 0 radical (unpaired) electrons. The van der Waals surface area contributed by atoms with E-state index in [1.807, 2.05) is 31.2 Å². The molecule has 0 amide bonds. The van der Waals surface area contributed by atoms with Gasteiger partial charge >= 0.3 is 0 Å². The van der Waals surface area contributed by atoms with E-state index in [4.69, 9.17) is 10.5 Å². The lowest BCUT2D eigenvalue weighted by molar-refractivity contribution is 0.309. The average Bonchev–Trinajstić information content (AvgIpc) is 2.43. The summed E-state index contributed by atoms with van der Waals surface area (Å²) in [6.07, 6.45) is 2.20. The second-order valence-corrected chi connectivity index (χ2v) is 4.86. The second kappa shape index (κ2) is 9.02. The number of rotatable bonds is 8. The van der Waals surface area contributed by atoms with Crippen LogP contribution in [0.5, 0.6) is 5.75 Å². The minimum absolute atomic E-state index is 0.435. The van der Waals surface area contributed by atoms with Gasteiger partial charge in [-0.15, -0.1) is 0 Å². The molecular weight excluding hydrogens is 250 g/mol. The van der Waals surface area contributed by atoms with Crippen LogP contribution in [0.4, 0.5) is 0 Å². The Morgan fingerprint density at radius 3 is 2.95 bits per heavy atom. The van der Waals surface area contributed by atoms with Crippen molar-refractivity contribution in [2.24, 2.45) is 10.7 Å². The van der Waals surface area contributed by atoms with Crippen LogP contribution < -0.4 is 15.8 Å². The number of hydrogen-bond donors (Lipinski definition) is 2. The van der Waals surface area contributed by atoms with E-state index in [2.05, 4.69) is 23.8 Å². The summed E-state index contributed by atoms with van der Waals surface area (Å²) in [5, 5.41) is 3.01. The van der Waals surface area contributed by atoms with Crippen LogP contribution in [0.3, 0.4) is 0 Å². The zero-order valence-corrected chi connectivity index (χ0v) is 12.5. The highest BCUT2D eigenvalue weighted by molar-refractivity contribution is 5.78. The minimum atomic E-state index is 0.435. The summed E-state index contributed by atoms with van der Waals surface area (Å²) in [5.41, 5.74) is 7.88. The standard InChI is InChI=1S/C16H25N3O/c1-4-5-9-20-15-8-6-7-14(10-15)12-19-16(17)18-11-13(2)3/h6-8,10H,2,4-5,9,11-12H2,1,3H3,(H3,17,18,19). The first-order valence-corrected chi connectivity index (χ1v) is 7.01. The summed E-state index contributed by atoms with van der Waals surface area (Å²) >= 11 is 0. The van der Waals surface area contributed by atoms with Gasteiger partial charge in [0.2, 0.25) is 0 Å². The zero-order valence-electron chi connectivity index (χ0n) is 12.5. The minimum Gasteiger partial charge on any atom is -0.494 e. The van der Waals surface area contributed by atoms with E-state index in [-0.39, 0.29) is 0 Å². The summed E-state index contributed by atoms with van der Waals surface area (Å²) < 4.78 is 5.67. The maximum Gasteiger partial charge on any atom is 0.189 e. The van der Waals surface area contributed by atoms with Gasteiger partial charge in [0, 0.05) is 6.54 Å². The lowest BCUT2D eigenvalue weighted by Crippen LogP contribution is -2.32. The third kappa shape index (κ3) is 6.83. The Kier molecular flexibility index (Phi) is 7.25. The Morgan fingerprint density at radius 2 is 2.25 bits per heavy atom. The number of ether oxygens (including phenoxy) is 1. The van der Waals surface area contributed by atoms with E-state index in [0.717, 1.165) is 36.3 Å². The summed E-state index contributed by atoms with van der Waals surface area (Å²) in [5.74, 6) is 1.32. The lowest BCUT2D eigenvalue weighted by Gasteiger charge is -2.07. The summed E-state index contributed by atoms with van der Waals surface area (Å²) in [6, 6.07) is 7.96. The summed E-state index contributed by atoms with van der Waals surface area (Å²) in [6.45, 7) is 9.84. The molecule has 3 N–H and O–H groups in total. The van der Waals surface area contributed by atoms with E-state index < -0.39 is 0 Å². The Bertz CT molecular complexity index is 455. The quantitative estimate of drug-likeness (QED) is 0.332. The first-order chi connectivity index (χ1) is 9.61. The summed E-state index contributed by atoms with van der Waals surface area (Å²) in [4.78, 5) is 4.29. The number of hydrogen-bond acceptors (Lipinski definition) is 2. The second-order valence-electron chi connectivity index (χ2n) is 4.86. The van der Waals surface area contributed by atoms with Crippen molar-refractivity contribution in [3.8, 4) is 5.75 Å². The molecule has 1 aromatic carbocycles. The molecule has 0 bridgehead atoms. The van der Waals surface area contributed by atoms with Gasteiger partial charge in [0.05, 0.1) is 13.2 Å². The SMILES string of the molecule is C=C(C)CNC(N)=NCc1cccc(OCCCC)c1. The van der Waals surface area contributed by atoms with Crippen molar-refractivity contribution in [1.82, 2.24) is 5.32 Å². The molecule has 4 heteroatoms. The van der Waals surface area contributed by atoms with Crippen molar-refractivity contribution in [3.63, 3.8) is 0 Å². The maximum atomic E-state index is 5.77. The molecule has 0 aliphatic carbocycles. The normalized spacial score (nSPS) is 11.2. The smallest absolute Gasteiger partial charge is 0.189 e. The highest BCUT2D eigenvalue weighted by Crippen LogP contribution is 2.14. The molecule has 4 nitrogen and oxygen atoms in total. The fraction of sp³-hybridized carbons (Fsp3) is 0.438. The van der Waals surface area contributed by atoms with Crippen molar-refractivity contribution in [2.45, 2.75) is 33.2 Å². The zero-order chi connectivity index (χ0) is 14.8. The Morgan fingerprint density at radius 1 is 1.45 bits per heavy atom. The van der Waals surface area contributed by atoms with Crippen molar-refractivity contribution in [1.29, 1.82) is 0 Å².